The summed E-state index contributed by atoms with van der Waals surface area (Å²) in [5, 5.41) is 6.46. The Labute approximate surface area is 165 Å². The molecule has 3 rings (SSSR count). The summed E-state index contributed by atoms with van der Waals surface area (Å²) in [7, 11) is 1.66. The molecule has 0 aliphatic carbocycles. The van der Waals surface area contributed by atoms with Crippen LogP contribution >= 0.6 is 27.3 Å². The van der Waals surface area contributed by atoms with Crippen LogP contribution in [0, 0.1) is 13.8 Å². The number of aromatic nitrogens is 2. The summed E-state index contributed by atoms with van der Waals surface area (Å²) in [6.07, 6.45) is 3.44. The van der Waals surface area contributed by atoms with E-state index in [1.807, 2.05) is 60.3 Å². The molecule has 0 spiro atoms. The summed E-state index contributed by atoms with van der Waals surface area (Å²) in [4.78, 5) is 12.9. The second kappa shape index (κ2) is 8.01. The molecule has 1 aromatic carbocycles. The molecule has 0 N–H and O–H groups in total. The van der Waals surface area contributed by atoms with Gasteiger partial charge >= 0.3 is 0 Å². The minimum Gasteiger partial charge on any atom is -0.496 e. The molecule has 0 aliphatic rings. The van der Waals surface area contributed by atoms with Gasteiger partial charge < -0.3 is 4.74 Å². The van der Waals surface area contributed by atoms with Crippen molar-refractivity contribution in [3.63, 3.8) is 0 Å². The van der Waals surface area contributed by atoms with E-state index in [4.69, 9.17) is 4.74 Å². The molecule has 0 bridgehead atoms. The number of ketones is 1. The van der Waals surface area contributed by atoms with Gasteiger partial charge in [0.25, 0.3) is 0 Å². The fourth-order valence-electron chi connectivity index (χ4n) is 2.69. The van der Waals surface area contributed by atoms with Crippen LogP contribution in [0.25, 0.3) is 6.08 Å². The molecule has 0 atom stereocenters. The molecular weight excluding hydrogens is 412 g/mol. The minimum atomic E-state index is 0.0137. The van der Waals surface area contributed by atoms with Crippen LogP contribution in [0.4, 0.5) is 0 Å². The second-order valence-electron chi connectivity index (χ2n) is 5.89. The van der Waals surface area contributed by atoms with Crippen LogP contribution in [0.2, 0.25) is 0 Å². The Hall–Kier alpha value is -2.18. The predicted octanol–water partition coefficient (Wildman–Crippen LogP) is 5.28. The zero-order chi connectivity index (χ0) is 18.7. The monoisotopic (exact) mass is 430 g/mol. The standard InChI is InChI=1S/C20H19BrN2O2S/c1-13-20(21)14(2)23(22-13)12-16-11-15(7-9-18(16)25-3)6-8-17(24)19-5-4-10-26-19/h4-11H,12H2,1-3H3. The molecule has 3 aromatic rings. The highest BCUT2D eigenvalue weighted by atomic mass is 79.9. The van der Waals surface area contributed by atoms with E-state index >= 15 is 0 Å². The van der Waals surface area contributed by atoms with Crippen LogP contribution in [0.5, 0.6) is 5.75 Å². The van der Waals surface area contributed by atoms with Crippen LogP contribution in [0.15, 0.2) is 46.3 Å². The SMILES string of the molecule is COc1ccc(C=CC(=O)c2cccs2)cc1Cn1nc(C)c(Br)c1C. The molecule has 0 amide bonds. The van der Waals surface area contributed by atoms with Crippen LogP contribution in [-0.2, 0) is 6.54 Å². The minimum absolute atomic E-state index is 0.0137. The molecule has 2 aromatic heterocycles. The number of carbonyl (C=O) groups excluding carboxylic acids is 1. The molecule has 0 fully saturated rings. The fraction of sp³-hybridized carbons (Fsp3) is 0.200. The Balaban J connectivity index is 1.86. The molecule has 0 saturated heterocycles. The smallest absolute Gasteiger partial charge is 0.195 e. The van der Waals surface area contributed by atoms with Crippen molar-refractivity contribution in [2.75, 3.05) is 7.11 Å². The van der Waals surface area contributed by atoms with Gasteiger partial charge in [0, 0.05) is 5.56 Å². The molecule has 134 valence electrons. The summed E-state index contributed by atoms with van der Waals surface area (Å²) >= 11 is 5.01. The number of aryl methyl sites for hydroxylation is 1. The van der Waals surface area contributed by atoms with Gasteiger partial charge in [0.2, 0.25) is 0 Å². The average molecular weight is 431 g/mol. The fourth-order valence-corrected chi connectivity index (χ4v) is 3.62. The zero-order valence-corrected chi connectivity index (χ0v) is 17.2. The molecule has 2 heterocycles. The quantitative estimate of drug-likeness (QED) is 0.394. The molecule has 0 saturated carbocycles. The van der Waals surface area contributed by atoms with Crippen molar-refractivity contribution in [2.45, 2.75) is 20.4 Å². The highest BCUT2D eigenvalue weighted by Crippen LogP contribution is 2.25. The van der Waals surface area contributed by atoms with Crippen molar-refractivity contribution < 1.29 is 9.53 Å². The predicted molar refractivity (Wildman–Crippen MR) is 109 cm³/mol. The topological polar surface area (TPSA) is 44.1 Å². The summed E-state index contributed by atoms with van der Waals surface area (Å²) in [6.45, 7) is 4.60. The lowest BCUT2D eigenvalue weighted by Crippen LogP contribution is -2.06. The maximum absolute atomic E-state index is 12.1. The summed E-state index contributed by atoms with van der Waals surface area (Å²) < 4.78 is 8.46. The van der Waals surface area contributed by atoms with E-state index in [0.29, 0.717) is 6.54 Å². The summed E-state index contributed by atoms with van der Waals surface area (Å²) in [5.41, 5.74) is 3.99. The van der Waals surface area contributed by atoms with Crippen molar-refractivity contribution in [1.29, 1.82) is 0 Å². The first-order valence-electron chi connectivity index (χ1n) is 8.12. The molecule has 0 radical (unpaired) electrons. The summed E-state index contributed by atoms with van der Waals surface area (Å²) in [5.74, 6) is 0.815. The number of hydrogen-bond acceptors (Lipinski definition) is 4. The number of hydrogen-bond donors (Lipinski definition) is 0. The van der Waals surface area contributed by atoms with Crippen LogP contribution < -0.4 is 4.74 Å². The number of thiophene rings is 1. The second-order valence-corrected chi connectivity index (χ2v) is 7.63. The van der Waals surface area contributed by atoms with Crippen molar-refractivity contribution in [3.8, 4) is 5.75 Å². The number of ether oxygens (including phenoxy) is 1. The number of carbonyl (C=O) groups is 1. The number of benzene rings is 1. The Morgan fingerprint density at radius 1 is 1.35 bits per heavy atom. The van der Waals surface area contributed by atoms with Crippen LogP contribution in [0.1, 0.15) is 32.2 Å². The molecule has 0 unspecified atom stereocenters. The van der Waals surface area contributed by atoms with E-state index in [2.05, 4.69) is 21.0 Å². The van der Waals surface area contributed by atoms with E-state index in [-0.39, 0.29) is 5.78 Å². The van der Waals surface area contributed by atoms with E-state index in [1.54, 1.807) is 13.2 Å². The summed E-state index contributed by atoms with van der Waals surface area (Å²) in [6, 6.07) is 9.60. The van der Waals surface area contributed by atoms with Crippen LogP contribution in [-0.4, -0.2) is 22.7 Å². The van der Waals surface area contributed by atoms with Crippen molar-refractivity contribution in [1.82, 2.24) is 9.78 Å². The first-order chi connectivity index (χ1) is 12.5. The number of rotatable bonds is 6. The van der Waals surface area contributed by atoms with E-state index < -0.39 is 0 Å². The first kappa shape index (κ1) is 18.6. The third-order valence-corrected chi connectivity index (χ3v) is 6.14. The van der Waals surface area contributed by atoms with Gasteiger partial charge in [-0.05, 0) is 65.0 Å². The van der Waals surface area contributed by atoms with E-state index in [9.17, 15) is 4.79 Å². The van der Waals surface area contributed by atoms with E-state index in [0.717, 1.165) is 37.6 Å². The highest BCUT2D eigenvalue weighted by Gasteiger charge is 2.12. The van der Waals surface area contributed by atoms with Gasteiger partial charge in [-0.25, -0.2) is 0 Å². The molecule has 26 heavy (non-hydrogen) atoms. The number of halogens is 1. The number of methoxy groups -OCH3 is 1. The van der Waals surface area contributed by atoms with Gasteiger partial charge in [0.05, 0.1) is 34.4 Å². The molecule has 6 heteroatoms. The maximum atomic E-state index is 12.1. The number of allylic oxidation sites excluding steroid dienone is 1. The third-order valence-electron chi connectivity index (χ3n) is 4.11. The Bertz CT molecular complexity index is 959. The van der Waals surface area contributed by atoms with Gasteiger partial charge in [0.1, 0.15) is 5.75 Å². The lowest BCUT2D eigenvalue weighted by atomic mass is 10.1. The van der Waals surface area contributed by atoms with Gasteiger partial charge in [-0.2, -0.15) is 5.10 Å². The normalized spacial score (nSPS) is 11.2. The van der Waals surface area contributed by atoms with E-state index in [1.165, 1.54) is 11.3 Å². The molecule has 0 aliphatic heterocycles. The largest absolute Gasteiger partial charge is 0.496 e. The van der Waals surface area contributed by atoms with Gasteiger partial charge in [-0.1, -0.05) is 18.2 Å². The Morgan fingerprint density at radius 3 is 2.77 bits per heavy atom. The lowest BCUT2D eigenvalue weighted by Gasteiger charge is -2.11. The van der Waals surface area contributed by atoms with Crippen molar-refractivity contribution in [2.24, 2.45) is 0 Å². The van der Waals surface area contributed by atoms with Crippen LogP contribution in [0.3, 0.4) is 0 Å². The van der Waals surface area contributed by atoms with Gasteiger partial charge in [-0.15, -0.1) is 11.3 Å². The maximum Gasteiger partial charge on any atom is 0.195 e. The lowest BCUT2D eigenvalue weighted by molar-refractivity contribution is 0.105. The molecular formula is C20H19BrN2O2S. The van der Waals surface area contributed by atoms with Crippen molar-refractivity contribution >= 4 is 39.1 Å². The zero-order valence-electron chi connectivity index (χ0n) is 14.8. The molecule has 4 nitrogen and oxygen atoms in total. The third kappa shape index (κ3) is 3.97. The number of nitrogens with zero attached hydrogens (tertiary/aromatic N) is 2. The highest BCUT2D eigenvalue weighted by molar-refractivity contribution is 9.10. The Morgan fingerprint density at radius 2 is 2.15 bits per heavy atom. The van der Waals surface area contributed by atoms with Gasteiger partial charge in [0.15, 0.2) is 5.78 Å². The van der Waals surface area contributed by atoms with Crippen molar-refractivity contribution in [3.05, 3.63) is 73.7 Å². The average Bonchev–Trinajstić information content (AvgIpc) is 3.26. The Kier molecular flexibility index (Phi) is 5.74. The van der Waals surface area contributed by atoms with Gasteiger partial charge in [-0.3, -0.25) is 9.48 Å². The first-order valence-corrected chi connectivity index (χ1v) is 9.79.